The van der Waals surface area contributed by atoms with E-state index >= 15 is 0 Å². The van der Waals surface area contributed by atoms with Gasteiger partial charge in [-0.25, -0.2) is 0 Å². The molecule has 1 saturated heterocycles. The summed E-state index contributed by atoms with van der Waals surface area (Å²) in [6, 6.07) is 20.5. The summed E-state index contributed by atoms with van der Waals surface area (Å²) in [6.45, 7) is 1.79. The van der Waals surface area contributed by atoms with Crippen LogP contribution in [0.4, 0.5) is 0 Å². The van der Waals surface area contributed by atoms with Crippen molar-refractivity contribution in [1.29, 1.82) is 0 Å². The number of carbonyl (C=O) groups is 2. The highest BCUT2D eigenvalue weighted by molar-refractivity contribution is 6.30. The van der Waals surface area contributed by atoms with E-state index in [1.807, 2.05) is 71.6 Å². The largest absolute Gasteiger partial charge is 0.481 e. The maximum atomic E-state index is 14.4. The van der Waals surface area contributed by atoms with Gasteiger partial charge in [0, 0.05) is 22.2 Å². The van der Waals surface area contributed by atoms with E-state index in [9.17, 15) is 14.7 Å². The van der Waals surface area contributed by atoms with E-state index in [0.717, 1.165) is 29.7 Å². The average Bonchev–Trinajstić information content (AvgIpc) is 3.68. The number of aliphatic carboxylic acids is 1. The quantitative estimate of drug-likeness (QED) is 0.359. The lowest BCUT2D eigenvalue weighted by atomic mass is 9.66. The molecule has 1 aliphatic carbocycles. The van der Waals surface area contributed by atoms with Gasteiger partial charge in [-0.15, -0.1) is 0 Å². The molecule has 2 fully saturated rings. The fourth-order valence-electron chi connectivity index (χ4n) is 5.76. The molecule has 186 valence electrons. The molecule has 2 aliphatic rings. The van der Waals surface area contributed by atoms with E-state index in [0.29, 0.717) is 16.5 Å². The van der Waals surface area contributed by atoms with Crippen molar-refractivity contribution < 1.29 is 14.7 Å². The highest BCUT2D eigenvalue weighted by Crippen LogP contribution is 2.57. The Morgan fingerprint density at radius 1 is 1.06 bits per heavy atom. The number of carbonyl (C=O) groups excluding carboxylic acids is 1. The van der Waals surface area contributed by atoms with Crippen molar-refractivity contribution in [3.63, 3.8) is 0 Å². The van der Waals surface area contributed by atoms with E-state index in [4.69, 9.17) is 23.2 Å². The van der Waals surface area contributed by atoms with Gasteiger partial charge in [0.2, 0.25) is 5.91 Å². The SMILES string of the molecule is C[C@]1(CC(=O)O)CC(c2cccc(Cl)c2)C(c2ccc(Cl)cc2)N([C@H](c2ccccn2)C2CC2)C1=O. The number of piperidine rings is 1. The molecule has 7 heteroatoms. The first kappa shape index (κ1) is 24.8. The molecule has 0 spiro atoms. The number of aromatic nitrogens is 1. The molecule has 1 aliphatic heterocycles. The number of carboxylic acid groups (broad SMARTS) is 1. The molecule has 0 radical (unpaired) electrons. The van der Waals surface area contributed by atoms with Crippen molar-refractivity contribution in [1.82, 2.24) is 9.88 Å². The second-order valence-electron chi connectivity index (χ2n) is 10.2. The summed E-state index contributed by atoms with van der Waals surface area (Å²) in [6.07, 6.45) is 3.89. The van der Waals surface area contributed by atoms with Crippen LogP contribution in [0.2, 0.25) is 10.0 Å². The van der Waals surface area contributed by atoms with Crippen LogP contribution in [0.3, 0.4) is 0 Å². The number of halogens is 2. The number of hydrogen-bond donors (Lipinski definition) is 1. The second kappa shape index (κ2) is 9.87. The smallest absolute Gasteiger partial charge is 0.304 e. The number of benzene rings is 2. The summed E-state index contributed by atoms with van der Waals surface area (Å²) < 4.78 is 0. The lowest BCUT2D eigenvalue weighted by molar-refractivity contribution is -0.161. The van der Waals surface area contributed by atoms with Crippen molar-refractivity contribution in [2.24, 2.45) is 11.3 Å². The first-order valence-corrected chi connectivity index (χ1v) is 13.0. The van der Waals surface area contributed by atoms with Crippen LogP contribution in [0.25, 0.3) is 0 Å². The van der Waals surface area contributed by atoms with Gasteiger partial charge in [-0.05, 0) is 72.7 Å². The van der Waals surface area contributed by atoms with E-state index < -0.39 is 11.4 Å². The van der Waals surface area contributed by atoms with E-state index in [-0.39, 0.29) is 36.2 Å². The summed E-state index contributed by atoms with van der Waals surface area (Å²) in [4.78, 5) is 33.0. The van der Waals surface area contributed by atoms with Crippen LogP contribution in [0.15, 0.2) is 72.9 Å². The van der Waals surface area contributed by atoms with Gasteiger partial charge in [0.1, 0.15) is 0 Å². The van der Waals surface area contributed by atoms with E-state index in [1.54, 1.807) is 13.1 Å². The topological polar surface area (TPSA) is 70.5 Å². The third-order valence-corrected chi connectivity index (χ3v) is 7.98. The highest BCUT2D eigenvalue weighted by atomic mass is 35.5. The summed E-state index contributed by atoms with van der Waals surface area (Å²) in [5.74, 6) is -1.03. The van der Waals surface area contributed by atoms with Crippen LogP contribution in [0.1, 0.15) is 67.4 Å². The fourth-order valence-corrected chi connectivity index (χ4v) is 6.09. The minimum absolute atomic E-state index is 0.148. The Morgan fingerprint density at radius 2 is 1.81 bits per heavy atom. The van der Waals surface area contributed by atoms with Crippen LogP contribution in [-0.4, -0.2) is 26.9 Å². The molecule has 1 N–H and O–H groups in total. The zero-order chi connectivity index (χ0) is 25.4. The standard InChI is InChI=1S/C29H28Cl2N2O3/c1-29(17-25(34)35)16-23(20-5-4-6-22(31)15-20)26(18-10-12-21(30)13-11-18)33(28(29)36)27(19-8-9-19)24-7-2-3-14-32-24/h2-7,10-15,19,23,26-27H,8-9,16-17H2,1H3,(H,34,35)/t23?,26?,27-,29+/m0/s1. The fraction of sp³-hybridized carbons (Fsp3) is 0.345. The Morgan fingerprint density at radius 3 is 2.42 bits per heavy atom. The third-order valence-electron chi connectivity index (χ3n) is 7.49. The number of amides is 1. The predicted octanol–water partition coefficient (Wildman–Crippen LogP) is 7.08. The van der Waals surface area contributed by atoms with Gasteiger partial charge in [0.15, 0.2) is 0 Å². The third kappa shape index (κ3) is 4.87. The molecular formula is C29H28Cl2N2O3. The number of carboxylic acids is 1. The molecule has 5 rings (SSSR count). The highest BCUT2D eigenvalue weighted by Gasteiger charge is 2.55. The van der Waals surface area contributed by atoms with E-state index in [2.05, 4.69) is 4.98 Å². The lowest BCUT2D eigenvalue weighted by Gasteiger charge is -2.52. The van der Waals surface area contributed by atoms with Gasteiger partial charge in [-0.3, -0.25) is 14.6 Å². The Hall–Kier alpha value is -2.89. The van der Waals surface area contributed by atoms with Gasteiger partial charge in [-0.1, -0.05) is 60.5 Å². The second-order valence-corrected chi connectivity index (χ2v) is 11.1. The van der Waals surface area contributed by atoms with Crippen molar-refractivity contribution in [2.75, 3.05) is 0 Å². The molecule has 2 aromatic carbocycles. The first-order valence-electron chi connectivity index (χ1n) is 12.2. The normalized spacial score (nSPS) is 25.0. The van der Waals surface area contributed by atoms with Crippen molar-refractivity contribution >= 4 is 35.1 Å². The first-order chi connectivity index (χ1) is 17.3. The molecule has 0 bridgehead atoms. The van der Waals surface area contributed by atoms with Gasteiger partial charge in [-0.2, -0.15) is 0 Å². The predicted molar refractivity (Wildman–Crippen MR) is 140 cm³/mol. The molecule has 1 aromatic heterocycles. The molecule has 4 atom stereocenters. The molecule has 2 unspecified atom stereocenters. The van der Waals surface area contributed by atoms with Crippen LogP contribution in [0.5, 0.6) is 0 Å². The Kier molecular flexibility index (Phi) is 6.80. The molecule has 3 aromatic rings. The Balaban J connectivity index is 1.73. The summed E-state index contributed by atoms with van der Waals surface area (Å²) >= 11 is 12.7. The lowest BCUT2D eigenvalue weighted by Crippen LogP contribution is -2.54. The number of rotatable bonds is 7. The van der Waals surface area contributed by atoms with Gasteiger partial charge in [0.25, 0.3) is 0 Å². The molecule has 2 heterocycles. The maximum absolute atomic E-state index is 14.4. The van der Waals surface area contributed by atoms with Gasteiger partial charge >= 0.3 is 5.97 Å². The summed E-state index contributed by atoms with van der Waals surface area (Å²) in [7, 11) is 0. The molecule has 1 amide bonds. The van der Waals surface area contributed by atoms with Crippen molar-refractivity contribution in [2.45, 2.75) is 50.6 Å². The number of pyridine rings is 1. The number of hydrogen-bond acceptors (Lipinski definition) is 3. The monoisotopic (exact) mass is 522 g/mol. The minimum atomic E-state index is -1.08. The molecule has 5 nitrogen and oxygen atoms in total. The van der Waals surface area contributed by atoms with Crippen LogP contribution >= 0.6 is 23.2 Å². The zero-order valence-corrected chi connectivity index (χ0v) is 21.5. The molecular weight excluding hydrogens is 495 g/mol. The van der Waals surface area contributed by atoms with Gasteiger partial charge in [0.05, 0.1) is 29.6 Å². The van der Waals surface area contributed by atoms with Crippen LogP contribution in [0, 0.1) is 11.3 Å². The summed E-state index contributed by atoms with van der Waals surface area (Å²) in [5, 5.41) is 11.0. The number of nitrogens with zero attached hydrogens (tertiary/aromatic N) is 2. The van der Waals surface area contributed by atoms with Crippen molar-refractivity contribution in [3.8, 4) is 0 Å². The van der Waals surface area contributed by atoms with E-state index in [1.165, 1.54) is 0 Å². The average molecular weight is 523 g/mol. The van der Waals surface area contributed by atoms with Crippen molar-refractivity contribution in [3.05, 3.63) is 99.8 Å². The Labute approximate surface area is 221 Å². The zero-order valence-electron chi connectivity index (χ0n) is 20.0. The minimum Gasteiger partial charge on any atom is -0.481 e. The van der Waals surface area contributed by atoms with Crippen LogP contribution in [-0.2, 0) is 9.59 Å². The van der Waals surface area contributed by atoms with Gasteiger partial charge < -0.3 is 10.0 Å². The molecule has 36 heavy (non-hydrogen) atoms. The Bertz CT molecular complexity index is 1260. The maximum Gasteiger partial charge on any atom is 0.304 e. The molecule has 1 saturated carbocycles. The van der Waals surface area contributed by atoms with Crippen LogP contribution < -0.4 is 0 Å². The number of likely N-dealkylation sites (tertiary alicyclic amines) is 1. The summed E-state index contributed by atoms with van der Waals surface area (Å²) in [5.41, 5.74) is 1.68.